The van der Waals surface area contributed by atoms with Crippen molar-refractivity contribution < 1.29 is 14.3 Å². The maximum atomic E-state index is 11.5. The van der Waals surface area contributed by atoms with Crippen LogP contribution in [-0.2, 0) is 4.79 Å². The van der Waals surface area contributed by atoms with Crippen LogP contribution in [0.15, 0.2) is 18.2 Å². The predicted molar refractivity (Wildman–Crippen MR) is 69.2 cm³/mol. The van der Waals surface area contributed by atoms with Gasteiger partial charge in [0, 0.05) is 13.1 Å². The topological polar surface area (TPSA) is 67.4 Å². The SMILES string of the molecule is CNC(=O)NC(=O)C(C)Oc1ccc(Cl)c(Cl)c1. The van der Waals surface area contributed by atoms with Gasteiger partial charge in [-0.1, -0.05) is 23.2 Å². The molecule has 18 heavy (non-hydrogen) atoms. The summed E-state index contributed by atoms with van der Waals surface area (Å²) >= 11 is 11.6. The van der Waals surface area contributed by atoms with E-state index >= 15 is 0 Å². The molecular weight excluding hydrogens is 279 g/mol. The molecule has 0 aliphatic rings. The zero-order valence-electron chi connectivity index (χ0n) is 9.79. The molecule has 2 N–H and O–H groups in total. The first kappa shape index (κ1) is 14.6. The van der Waals surface area contributed by atoms with E-state index in [-0.39, 0.29) is 0 Å². The molecule has 0 aliphatic heterocycles. The molecule has 1 rings (SSSR count). The second-order valence-corrected chi connectivity index (χ2v) is 4.22. The minimum absolute atomic E-state index is 0.327. The van der Waals surface area contributed by atoms with Gasteiger partial charge in [0.25, 0.3) is 5.91 Å². The van der Waals surface area contributed by atoms with Gasteiger partial charge in [0.15, 0.2) is 6.10 Å². The highest BCUT2D eigenvalue weighted by atomic mass is 35.5. The smallest absolute Gasteiger partial charge is 0.321 e. The van der Waals surface area contributed by atoms with Crippen molar-refractivity contribution in [3.05, 3.63) is 28.2 Å². The zero-order valence-corrected chi connectivity index (χ0v) is 11.3. The molecule has 0 fully saturated rings. The zero-order chi connectivity index (χ0) is 13.7. The quantitative estimate of drug-likeness (QED) is 0.897. The van der Waals surface area contributed by atoms with Crippen LogP contribution in [0.5, 0.6) is 5.75 Å². The third-order valence-electron chi connectivity index (χ3n) is 2.04. The van der Waals surface area contributed by atoms with Crippen LogP contribution < -0.4 is 15.4 Å². The number of carbonyl (C=O) groups excluding carboxylic acids is 2. The first-order chi connectivity index (χ1) is 8.43. The highest BCUT2D eigenvalue weighted by Gasteiger charge is 2.17. The maximum absolute atomic E-state index is 11.5. The summed E-state index contributed by atoms with van der Waals surface area (Å²) in [6.45, 7) is 1.51. The van der Waals surface area contributed by atoms with E-state index in [4.69, 9.17) is 27.9 Å². The number of rotatable bonds is 3. The number of carbonyl (C=O) groups is 2. The number of hydrogen-bond donors (Lipinski definition) is 2. The molecule has 1 unspecified atom stereocenters. The molecule has 5 nitrogen and oxygen atoms in total. The fourth-order valence-corrected chi connectivity index (χ4v) is 1.37. The minimum Gasteiger partial charge on any atom is -0.481 e. The number of amides is 3. The Morgan fingerprint density at radius 3 is 2.50 bits per heavy atom. The summed E-state index contributed by atoms with van der Waals surface area (Å²) in [5.74, 6) is -0.163. The normalized spacial score (nSPS) is 11.6. The molecule has 0 bridgehead atoms. The lowest BCUT2D eigenvalue weighted by atomic mass is 10.3. The van der Waals surface area contributed by atoms with Gasteiger partial charge in [0.1, 0.15) is 5.75 Å². The molecular formula is C11H12Cl2N2O3. The van der Waals surface area contributed by atoms with Crippen molar-refractivity contribution in [3.8, 4) is 5.75 Å². The van der Waals surface area contributed by atoms with Crippen molar-refractivity contribution in [2.45, 2.75) is 13.0 Å². The molecule has 0 heterocycles. The van der Waals surface area contributed by atoms with Gasteiger partial charge in [-0.2, -0.15) is 0 Å². The first-order valence-corrected chi connectivity index (χ1v) is 5.84. The fourth-order valence-electron chi connectivity index (χ4n) is 1.08. The van der Waals surface area contributed by atoms with Crippen molar-refractivity contribution in [3.63, 3.8) is 0 Å². The molecule has 98 valence electrons. The maximum Gasteiger partial charge on any atom is 0.321 e. The number of imide groups is 1. The molecule has 0 saturated heterocycles. The van der Waals surface area contributed by atoms with Crippen LogP contribution in [-0.4, -0.2) is 25.1 Å². The standard InChI is InChI=1S/C11H12Cl2N2O3/c1-6(10(16)15-11(17)14-2)18-7-3-4-8(12)9(13)5-7/h3-6H,1-2H3,(H2,14,15,16,17). The number of nitrogens with one attached hydrogen (secondary N) is 2. The predicted octanol–water partition coefficient (Wildman–Crippen LogP) is 2.22. The fraction of sp³-hybridized carbons (Fsp3) is 0.273. The van der Waals surface area contributed by atoms with Crippen LogP contribution in [0, 0.1) is 0 Å². The Morgan fingerprint density at radius 1 is 1.28 bits per heavy atom. The lowest BCUT2D eigenvalue weighted by Gasteiger charge is -2.14. The number of halogens is 2. The molecule has 1 aromatic carbocycles. The second-order valence-electron chi connectivity index (χ2n) is 3.40. The first-order valence-electron chi connectivity index (χ1n) is 5.08. The average Bonchev–Trinajstić information content (AvgIpc) is 2.33. The molecule has 0 aromatic heterocycles. The van der Waals surface area contributed by atoms with E-state index in [1.54, 1.807) is 12.1 Å². The van der Waals surface area contributed by atoms with Gasteiger partial charge in [-0.05, 0) is 19.1 Å². The summed E-state index contributed by atoms with van der Waals surface area (Å²) in [4.78, 5) is 22.5. The Hall–Kier alpha value is -1.46. The summed E-state index contributed by atoms with van der Waals surface area (Å²) in [5.41, 5.74) is 0. The van der Waals surface area contributed by atoms with E-state index in [9.17, 15) is 9.59 Å². The summed E-state index contributed by atoms with van der Waals surface area (Å²) in [7, 11) is 1.41. The van der Waals surface area contributed by atoms with E-state index in [1.165, 1.54) is 20.0 Å². The average molecular weight is 291 g/mol. The van der Waals surface area contributed by atoms with Crippen molar-refractivity contribution >= 4 is 35.1 Å². The number of urea groups is 1. The Kier molecular flexibility index (Phi) is 5.25. The summed E-state index contributed by atoms with van der Waals surface area (Å²) in [5, 5.41) is 5.09. The van der Waals surface area contributed by atoms with Gasteiger partial charge < -0.3 is 10.1 Å². The van der Waals surface area contributed by atoms with Gasteiger partial charge in [-0.15, -0.1) is 0 Å². The van der Waals surface area contributed by atoms with E-state index in [0.717, 1.165) is 0 Å². The van der Waals surface area contributed by atoms with Gasteiger partial charge in [-0.25, -0.2) is 4.79 Å². The molecule has 3 amide bonds. The third kappa shape index (κ3) is 4.09. The number of hydrogen-bond acceptors (Lipinski definition) is 3. The second kappa shape index (κ2) is 6.47. The molecule has 0 saturated carbocycles. The molecule has 1 aromatic rings. The highest BCUT2D eigenvalue weighted by molar-refractivity contribution is 6.42. The van der Waals surface area contributed by atoms with Crippen LogP contribution in [0.25, 0.3) is 0 Å². The van der Waals surface area contributed by atoms with E-state index in [0.29, 0.717) is 15.8 Å². The summed E-state index contributed by atoms with van der Waals surface area (Å²) < 4.78 is 5.32. The van der Waals surface area contributed by atoms with Crippen LogP contribution in [0.1, 0.15) is 6.92 Å². The lowest BCUT2D eigenvalue weighted by Crippen LogP contribution is -2.43. The van der Waals surface area contributed by atoms with Crippen LogP contribution in [0.3, 0.4) is 0 Å². The van der Waals surface area contributed by atoms with Crippen molar-refractivity contribution in [1.29, 1.82) is 0 Å². The van der Waals surface area contributed by atoms with Gasteiger partial charge in [0.05, 0.1) is 10.0 Å². The highest BCUT2D eigenvalue weighted by Crippen LogP contribution is 2.26. The monoisotopic (exact) mass is 290 g/mol. The van der Waals surface area contributed by atoms with Gasteiger partial charge in [0.2, 0.25) is 0 Å². The molecule has 7 heteroatoms. The van der Waals surface area contributed by atoms with Crippen LogP contribution in [0.2, 0.25) is 10.0 Å². The molecule has 0 radical (unpaired) electrons. The van der Waals surface area contributed by atoms with Crippen LogP contribution in [0.4, 0.5) is 4.79 Å². The minimum atomic E-state index is -0.834. The Morgan fingerprint density at radius 2 is 1.94 bits per heavy atom. The van der Waals surface area contributed by atoms with Gasteiger partial charge >= 0.3 is 6.03 Å². The molecule has 0 aliphatic carbocycles. The van der Waals surface area contributed by atoms with Crippen molar-refractivity contribution in [2.75, 3.05) is 7.05 Å². The molecule has 1 atom stereocenters. The van der Waals surface area contributed by atoms with E-state index in [1.807, 2.05) is 0 Å². The Labute approximate surface area is 114 Å². The number of benzene rings is 1. The number of ether oxygens (including phenoxy) is 1. The summed E-state index contributed by atoms with van der Waals surface area (Å²) in [6.07, 6.45) is -0.834. The van der Waals surface area contributed by atoms with Gasteiger partial charge in [-0.3, -0.25) is 10.1 Å². The largest absolute Gasteiger partial charge is 0.481 e. The molecule has 0 spiro atoms. The summed E-state index contributed by atoms with van der Waals surface area (Å²) in [6, 6.07) is 4.04. The lowest BCUT2D eigenvalue weighted by molar-refractivity contribution is -0.126. The Bertz CT molecular complexity index is 466. The van der Waals surface area contributed by atoms with Crippen LogP contribution >= 0.6 is 23.2 Å². The van der Waals surface area contributed by atoms with E-state index < -0.39 is 18.0 Å². The Balaban J connectivity index is 2.63. The third-order valence-corrected chi connectivity index (χ3v) is 2.78. The van der Waals surface area contributed by atoms with Crippen molar-refractivity contribution in [2.24, 2.45) is 0 Å². The van der Waals surface area contributed by atoms with E-state index in [2.05, 4.69) is 10.6 Å². The van der Waals surface area contributed by atoms with Crippen molar-refractivity contribution in [1.82, 2.24) is 10.6 Å².